The molecule has 0 saturated heterocycles. The molecule has 2 heterocycles. The van der Waals surface area contributed by atoms with E-state index < -0.39 is 10.8 Å². The number of carbonyl (C=O) groups is 1. The molecule has 0 bridgehead atoms. The van der Waals surface area contributed by atoms with Crippen molar-refractivity contribution in [2.45, 2.75) is 16.3 Å². The Hall–Kier alpha value is -3.08. The molecule has 11 heteroatoms. The van der Waals surface area contributed by atoms with E-state index in [1.165, 1.54) is 22.6 Å². The third-order valence-corrected chi connectivity index (χ3v) is 6.15. The highest BCUT2D eigenvalue weighted by Crippen LogP contribution is 2.34. The minimum Gasteiger partial charge on any atom is -0.454 e. The van der Waals surface area contributed by atoms with Gasteiger partial charge in [-0.15, -0.1) is 0 Å². The molecule has 162 valence electrons. The van der Waals surface area contributed by atoms with Crippen molar-refractivity contribution in [3.05, 3.63) is 98.0 Å². The van der Waals surface area contributed by atoms with E-state index in [9.17, 15) is 14.9 Å². The average Bonchev–Trinajstić information content (AvgIpc) is 3.38. The van der Waals surface area contributed by atoms with Crippen LogP contribution in [0.4, 0.5) is 11.5 Å². The summed E-state index contributed by atoms with van der Waals surface area (Å²) in [6.07, 6.45) is 1.48. The Balaban J connectivity index is 1.46. The highest BCUT2D eigenvalue weighted by atomic mass is 79.9. The molecule has 1 amide bonds. The molecular weight excluding hydrogens is 520 g/mol. The van der Waals surface area contributed by atoms with Crippen molar-refractivity contribution in [1.82, 2.24) is 9.78 Å². The lowest BCUT2D eigenvalue weighted by Gasteiger charge is -2.10. The molecule has 0 aliphatic rings. The molecule has 8 nitrogen and oxygen atoms in total. The number of para-hydroxylation sites is 1. The van der Waals surface area contributed by atoms with Gasteiger partial charge in [-0.2, -0.15) is 4.68 Å². The molecule has 4 aromatic rings. The summed E-state index contributed by atoms with van der Waals surface area (Å²) < 4.78 is 7.25. The maximum atomic E-state index is 12.7. The van der Waals surface area contributed by atoms with E-state index in [4.69, 9.17) is 16.0 Å². The SMILES string of the molecule is O=C(Nc1ccccc1Sc1ccc(Cl)cc1)c1ccc(Cn2cc(Br)c([N+](=O)[O-])n2)o1. The Morgan fingerprint density at radius 3 is 2.66 bits per heavy atom. The van der Waals surface area contributed by atoms with Crippen molar-refractivity contribution in [2.75, 3.05) is 5.32 Å². The van der Waals surface area contributed by atoms with Gasteiger partial charge in [-0.25, -0.2) is 0 Å². The molecule has 0 aliphatic carbocycles. The van der Waals surface area contributed by atoms with Crippen LogP contribution in [-0.2, 0) is 6.54 Å². The molecule has 1 N–H and O–H groups in total. The minimum atomic E-state index is -0.582. The zero-order chi connectivity index (χ0) is 22.7. The quantitative estimate of drug-likeness (QED) is 0.222. The molecule has 0 spiro atoms. The Kier molecular flexibility index (Phi) is 6.63. The average molecular weight is 534 g/mol. The van der Waals surface area contributed by atoms with Gasteiger partial charge in [0.05, 0.1) is 17.0 Å². The van der Waals surface area contributed by atoms with E-state index in [1.54, 1.807) is 18.2 Å². The fourth-order valence-electron chi connectivity index (χ4n) is 2.81. The van der Waals surface area contributed by atoms with E-state index in [0.717, 1.165) is 9.79 Å². The Bertz CT molecular complexity index is 1290. The standard InChI is InChI=1S/C21H14BrClN4O4S/c22-16-12-26(25-20(16)27(29)30)11-14-7-10-18(31-14)21(28)24-17-3-1-2-4-19(17)32-15-8-5-13(23)6-9-15/h1-10,12H,11H2,(H,24,28). The van der Waals surface area contributed by atoms with Crippen molar-refractivity contribution < 1.29 is 14.1 Å². The number of nitrogens with zero attached hydrogens (tertiary/aromatic N) is 3. The summed E-state index contributed by atoms with van der Waals surface area (Å²) in [6, 6.07) is 18.0. The number of halogens is 2. The number of aromatic nitrogens is 2. The van der Waals surface area contributed by atoms with E-state index >= 15 is 0 Å². The Labute approximate surface area is 199 Å². The summed E-state index contributed by atoms with van der Waals surface area (Å²) in [4.78, 5) is 24.9. The Morgan fingerprint density at radius 2 is 1.94 bits per heavy atom. The lowest BCUT2D eigenvalue weighted by molar-refractivity contribution is -0.390. The van der Waals surface area contributed by atoms with Crippen LogP contribution in [-0.4, -0.2) is 20.6 Å². The van der Waals surface area contributed by atoms with Crippen molar-refractivity contribution in [2.24, 2.45) is 0 Å². The van der Waals surface area contributed by atoms with Crippen LogP contribution in [0.2, 0.25) is 5.02 Å². The number of hydrogen-bond acceptors (Lipinski definition) is 6. The number of furan rings is 1. The van der Waals surface area contributed by atoms with Crippen LogP contribution in [0.1, 0.15) is 16.3 Å². The normalized spacial score (nSPS) is 10.8. The lowest BCUT2D eigenvalue weighted by Crippen LogP contribution is -2.11. The van der Waals surface area contributed by atoms with E-state index in [1.807, 2.05) is 42.5 Å². The first-order valence-corrected chi connectivity index (χ1v) is 11.2. The minimum absolute atomic E-state index is 0.118. The number of nitro groups is 1. The largest absolute Gasteiger partial charge is 0.454 e. The Morgan fingerprint density at radius 1 is 1.19 bits per heavy atom. The first kappa shape index (κ1) is 22.1. The summed E-state index contributed by atoms with van der Waals surface area (Å²) in [5.74, 6) is -0.145. The smallest absolute Gasteiger partial charge is 0.404 e. The van der Waals surface area contributed by atoms with Crippen LogP contribution in [0.25, 0.3) is 0 Å². The molecule has 4 rings (SSSR count). The van der Waals surface area contributed by atoms with E-state index in [-0.39, 0.29) is 22.6 Å². The zero-order valence-corrected chi connectivity index (χ0v) is 19.4. The molecule has 0 fully saturated rings. The maximum absolute atomic E-state index is 12.7. The predicted octanol–water partition coefficient (Wildman–Crippen LogP) is 6.25. The number of anilines is 1. The highest BCUT2D eigenvalue weighted by Gasteiger charge is 2.20. The van der Waals surface area contributed by atoms with Crippen LogP contribution in [0.15, 0.2) is 85.5 Å². The number of amides is 1. The summed E-state index contributed by atoms with van der Waals surface area (Å²) in [5.41, 5.74) is 0.641. The second kappa shape index (κ2) is 9.60. The third-order valence-electron chi connectivity index (χ3n) is 4.25. The monoisotopic (exact) mass is 532 g/mol. The second-order valence-corrected chi connectivity index (χ2v) is 8.93. The fourth-order valence-corrected chi connectivity index (χ4v) is 4.30. The summed E-state index contributed by atoms with van der Waals surface area (Å²) in [6.45, 7) is 0.142. The predicted molar refractivity (Wildman–Crippen MR) is 124 cm³/mol. The van der Waals surface area contributed by atoms with Crippen LogP contribution >= 0.6 is 39.3 Å². The van der Waals surface area contributed by atoms with Gasteiger partial charge in [0.25, 0.3) is 5.91 Å². The van der Waals surface area contributed by atoms with Crippen molar-refractivity contribution >= 4 is 56.7 Å². The van der Waals surface area contributed by atoms with Gasteiger partial charge in [0.15, 0.2) is 5.76 Å². The van der Waals surface area contributed by atoms with Crippen LogP contribution in [0.3, 0.4) is 0 Å². The molecule has 0 radical (unpaired) electrons. The number of carbonyl (C=O) groups excluding carboxylic acids is 1. The molecule has 0 saturated carbocycles. The van der Waals surface area contributed by atoms with Crippen molar-refractivity contribution in [3.8, 4) is 0 Å². The third kappa shape index (κ3) is 5.21. The topological polar surface area (TPSA) is 103 Å². The zero-order valence-electron chi connectivity index (χ0n) is 16.2. The first-order valence-electron chi connectivity index (χ1n) is 9.19. The summed E-state index contributed by atoms with van der Waals surface area (Å²) >= 11 is 10.5. The number of benzene rings is 2. The van der Waals surface area contributed by atoms with Crippen molar-refractivity contribution in [3.63, 3.8) is 0 Å². The first-order chi connectivity index (χ1) is 15.4. The van der Waals surface area contributed by atoms with E-state index in [2.05, 4.69) is 26.3 Å². The van der Waals surface area contributed by atoms with Gasteiger partial charge < -0.3 is 19.8 Å². The number of nitrogens with one attached hydrogen (secondary N) is 1. The van der Waals surface area contributed by atoms with Crippen molar-refractivity contribution in [1.29, 1.82) is 0 Å². The van der Waals surface area contributed by atoms with Gasteiger partial charge in [0.1, 0.15) is 16.8 Å². The van der Waals surface area contributed by atoms with Gasteiger partial charge in [0.2, 0.25) is 0 Å². The molecule has 0 unspecified atom stereocenters. The summed E-state index contributed by atoms with van der Waals surface area (Å²) in [5, 5.41) is 18.3. The molecule has 0 aliphatic heterocycles. The number of hydrogen-bond donors (Lipinski definition) is 1. The molecule has 2 aromatic carbocycles. The van der Waals surface area contributed by atoms with Gasteiger partial charge in [0, 0.05) is 14.8 Å². The fraction of sp³-hybridized carbons (Fsp3) is 0.0476. The van der Waals surface area contributed by atoms with Crippen LogP contribution < -0.4 is 5.32 Å². The number of rotatable bonds is 7. The summed E-state index contributed by atoms with van der Waals surface area (Å²) in [7, 11) is 0. The molecular formula is C21H14BrClN4O4S. The van der Waals surface area contributed by atoms with Gasteiger partial charge in [-0.1, -0.05) is 35.5 Å². The van der Waals surface area contributed by atoms with Gasteiger partial charge in [-0.3, -0.25) is 4.79 Å². The second-order valence-electron chi connectivity index (χ2n) is 6.53. The molecule has 2 aromatic heterocycles. The molecule has 32 heavy (non-hydrogen) atoms. The highest BCUT2D eigenvalue weighted by molar-refractivity contribution is 9.10. The van der Waals surface area contributed by atoms with Gasteiger partial charge in [-0.05, 0) is 69.4 Å². The van der Waals surface area contributed by atoms with Crippen LogP contribution in [0.5, 0.6) is 0 Å². The molecule has 0 atom stereocenters. The van der Waals surface area contributed by atoms with Crippen LogP contribution in [0, 0.1) is 10.1 Å². The maximum Gasteiger partial charge on any atom is 0.404 e. The van der Waals surface area contributed by atoms with Gasteiger partial charge >= 0.3 is 5.82 Å². The lowest BCUT2D eigenvalue weighted by atomic mass is 10.3. The van der Waals surface area contributed by atoms with E-state index in [0.29, 0.717) is 16.5 Å².